The Morgan fingerprint density at radius 1 is 0.394 bits per heavy atom. The molecule has 0 aromatic heterocycles. The molecule has 0 aromatic carbocycles. The molecule has 0 aromatic rings. The molecule has 9 N–H and O–H groups in total. The van der Waals surface area contributed by atoms with Gasteiger partial charge in [-0.05, 0) is 103 Å². The summed E-state index contributed by atoms with van der Waals surface area (Å²) in [7, 11) is 0. The lowest BCUT2D eigenvalue weighted by atomic mass is 9.97. The van der Waals surface area contributed by atoms with Crippen LogP contribution in [0, 0.1) is 0 Å². The molecule has 2 rings (SSSR count). The zero-order chi connectivity index (χ0) is 68.0. The average Bonchev–Trinajstić information content (AvgIpc) is 0.794. The Labute approximate surface area is 571 Å². The fourth-order valence-corrected chi connectivity index (χ4v) is 11.7. The molecule has 2 saturated heterocycles. The first kappa shape index (κ1) is 86.5. The van der Waals surface area contributed by atoms with Crippen LogP contribution in [0.3, 0.4) is 0 Å². The Kier molecular flexibility index (Phi) is 57.8. The third kappa shape index (κ3) is 45.8. The van der Waals surface area contributed by atoms with E-state index in [1.165, 1.54) is 161 Å². The van der Waals surface area contributed by atoms with E-state index in [1.54, 1.807) is 6.08 Å². The van der Waals surface area contributed by atoms with Crippen molar-refractivity contribution >= 4 is 5.91 Å². The van der Waals surface area contributed by atoms with Crippen molar-refractivity contribution in [3.05, 3.63) is 122 Å². The number of hydrogen-bond donors (Lipinski definition) is 9. The highest BCUT2D eigenvalue weighted by Crippen LogP contribution is 2.30. The lowest BCUT2D eigenvalue weighted by Crippen LogP contribution is -2.65. The highest BCUT2D eigenvalue weighted by atomic mass is 16.7. The highest BCUT2D eigenvalue weighted by Gasteiger charge is 2.51. The molecule has 12 atom stereocenters. The van der Waals surface area contributed by atoms with E-state index >= 15 is 0 Å². The van der Waals surface area contributed by atoms with Crippen LogP contribution in [0.25, 0.3) is 0 Å². The van der Waals surface area contributed by atoms with Crippen molar-refractivity contribution in [3.63, 3.8) is 0 Å². The van der Waals surface area contributed by atoms with Gasteiger partial charge in [-0.3, -0.25) is 4.79 Å². The number of amides is 1. The van der Waals surface area contributed by atoms with Gasteiger partial charge in [0.2, 0.25) is 5.91 Å². The minimum absolute atomic E-state index is 0.254. The van der Waals surface area contributed by atoms with Crippen LogP contribution in [0.1, 0.15) is 284 Å². The Balaban J connectivity index is 1.62. The van der Waals surface area contributed by atoms with E-state index in [1.807, 2.05) is 6.08 Å². The van der Waals surface area contributed by atoms with Gasteiger partial charge in [-0.15, -0.1) is 0 Å². The van der Waals surface area contributed by atoms with Crippen molar-refractivity contribution in [2.75, 3.05) is 19.8 Å². The highest BCUT2D eigenvalue weighted by molar-refractivity contribution is 5.76. The third-order valence-corrected chi connectivity index (χ3v) is 17.6. The van der Waals surface area contributed by atoms with Crippen molar-refractivity contribution in [2.45, 2.75) is 357 Å². The van der Waals surface area contributed by atoms with Crippen molar-refractivity contribution in [1.29, 1.82) is 0 Å². The topological polar surface area (TPSA) is 228 Å². The summed E-state index contributed by atoms with van der Waals surface area (Å²) in [5, 5.41) is 87.5. The molecule has 14 heteroatoms. The summed E-state index contributed by atoms with van der Waals surface area (Å²) in [6.45, 7) is 2.68. The first-order valence-electron chi connectivity index (χ1n) is 37.8. The second kappa shape index (κ2) is 62.9. The fraction of sp³-hybridized carbons (Fsp3) is 0.738. The van der Waals surface area contributed by atoms with Gasteiger partial charge < -0.3 is 65.1 Å². The number of rotatable bonds is 61. The molecule has 0 saturated carbocycles. The van der Waals surface area contributed by atoms with Crippen LogP contribution in [0.5, 0.6) is 0 Å². The number of aliphatic hydroxyl groups excluding tert-OH is 8. The van der Waals surface area contributed by atoms with Crippen molar-refractivity contribution < 1.29 is 64.6 Å². The lowest BCUT2D eigenvalue weighted by molar-refractivity contribution is -0.359. The van der Waals surface area contributed by atoms with Gasteiger partial charge in [0.1, 0.15) is 48.8 Å². The van der Waals surface area contributed by atoms with Crippen LogP contribution >= 0.6 is 0 Å². The van der Waals surface area contributed by atoms with E-state index in [9.17, 15) is 45.6 Å². The Hall–Kier alpha value is -3.61. The Morgan fingerprint density at radius 3 is 1.17 bits per heavy atom. The van der Waals surface area contributed by atoms with Crippen LogP contribution in [0.4, 0.5) is 0 Å². The maximum Gasteiger partial charge on any atom is 0.220 e. The average molecular weight is 1320 g/mol. The lowest BCUT2D eigenvalue weighted by Gasteiger charge is -2.46. The van der Waals surface area contributed by atoms with Crippen LogP contribution in [-0.4, -0.2) is 140 Å². The maximum atomic E-state index is 13.4. The van der Waals surface area contributed by atoms with Crippen molar-refractivity contribution in [3.8, 4) is 0 Å². The SMILES string of the molecule is CC/C=C\C/C=C\C/C=C\C/C=C\C/C=C\C/C=C\C/C=C\CCCCCCCCCCCCCCCCCCCC(=O)NC(COC1OC(CO)C(OC2OC(CO)C(O)C(O)C2O)C(O)C1O)C(O)/C=C/CC/C=C/CC/C=C/CCCCCCCCCCCCC. The Morgan fingerprint density at radius 2 is 0.745 bits per heavy atom. The molecular weight excluding hydrogens is 1180 g/mol. The van der Waals surface area contributed by atoms with Crippen molar-refractivity contribution in [2.24, 2.45) is 0 Å². The van der Waals surface area contributed by atoms with E-state index in [0.29, 0.717) is 12.8 Å². The quantitative estimate of drug-likeness (QED) is 0.0204. The van der Waals surface area contributed by atoms with Crippen LogP contribution in [-0.2, 0) is 23.7 Å². The first-order chi connectivity index (χ1) is 46.1. The number of carbonyl (C=O) groups is 1. The molecule has 0 bridgehead atoms. The van der Waals surface area contributed by atoms with Gasteiger partial charge in [0.25, 0.3) is 0 Å². The number of allylic oxidation sites excluding steroid dienone is 19. The van der Waals surface area contributed by atoms with Crippen LogP contribution in [0.15, 0.2) is 122 Å². The molecule has 2 heterocycles. The molecular formula is C80H137NO13. The van der Waals surface area contributed by atoms with E-state index in [4.69, 9.17) is 18.9 Å². The van der Waals surface area contributed by atoms with E-state index in [-0.39, 0.29) is 18.9 Å². The first-order valence-corrected chi connectivity index (χ1v) is 37.8. The molecule has 2 aliphatic heterocycles. The molecule has 2 aliphatic rings. The second-order valence-electron chi connectivity index (χ2n) is 26.0. The number of hydrogen-bond acceptors (Lipinski definition) is 13. The zero-order valence-electron chi connectivity index (χ0n) is 58.9. The molecule has 0 spiro atoms. The minimum Gasteiger partial charge on any atom is -0.394 e. The molecule has 12 unspecified atom stereocenters. The Bertz CT molecular complexity index is 2040. The summed E-state index contributed by atoms with van der Waals surface area (Å²) in [5.74, 6) is -0.254. The molecule has 94 heavy (non-hydrogen) atoms. The largest absolute Gasteiger partial charge is 0.394 e. The second-order valence-corrected chi connectivity index (χ2v) is 26.0. The van der Waals surface area contributed by atoms with Crippen LogP contribution < -0.4 is 5.32 Å². The summed E-state index contributed by atoms with van der Waals surface area (Å²) in [6.07, 6.45) is 75.5. The summed E-state index contributed by atoms with van der Waals surface area (Å²) in [6, 6.07) is -0.945. The minimum atomic E-state index is -1.80. The normalized spacial score (nSPS) is 23.2. The smallest absolute Gasteiger partial charge is 0.220 e. The molecule has 2 fully saturated rings. The standard InChI is InChI=1S/C80H137NO13/c1-3-5-7-9-11-13-15-17-19-21-23-25-26-27-28-29-30-31-32-33-34-35-36-37-38-39-40-41-42-44-46-48-50-52-54-56-58-60-62-64-72(85)81-68(69(84)63-61-59-57-55-53-51-49-47-45-43-24-22-20-18-16-14-12-10-8-6-4-2)67-91-79-77(90)75(88)78(71(66-83)93-79)94-80-76(89)74(87)73(86)70(65-82)92-80/h5,7,11,13,17,19,23,25,27-28,30-31,33-34,45,47,53,55,61,63,68-71,73-80,82-84,86-90H,3-4,6,8-10,12,14-16,18,20-22,24,26,29,32,35-44,46,48-52,54,56-60,62,64-67H2,1-2H3,(H,81,85)/b7-5-,13-11-,19-17-,25-23-,28-27-,31-30-,34-33-,47-45+,55-53+,63-61+. The molecule has 1 amide bonds. The van der Waals surface area contributed by atoms with Gasteiger partial charge in [-0.1, -0.05) is 296 Å². The van der Waals surface area contributed by atoms with E-state index in [2.05, 4.69) is 129 Å². The summed E-state index contributed by atoms with van der Waals surface area (Å²) < 4.78 is 22.8. The van der Waals surface area contributed by atoms with E-state index < -0.39 is 86.8 Å². The van der Waals surface area contributed by atoms with Gasteiger partial charge >= 0.3 is 0 Å². The summed E-state index contributed by atoms with van der Waals surface area (Å²) in [5.41, 5.74) is 0. The monoisotopic (exact) mass is 1320 g/mol. The zero-order valence-corrected chi connectivity index (χ0v) is 58.9. The fourth-order valence-electron chi connectivity index (χ4n) is 11.7. The number of carbonyl (C=O) groups excluding carboxylic acids is 1. The van der Waals surface area contributed by atoms with Gasteiger partial charge in [0.05, 0.1) is 32.0 Å². The molecule has 0 radical (unpaired) electrons. The predicted octanol–water partition coefficient (Wildman–Crippen LogP) is 16.5. The number of nitrogens with one attached hydrogen (secondary N) is 1. The van der Waals surface area contributed by atoms with Gasteiger partial charge in [0, 0.05) is 6.42 Å². The van der Waals surface area contributed by atoms with Gasteiger partial charge in [-0.25, -0.2) is 0 Å². The maximum absolute atomic E-state index is 13.4. The summed E-state index contributed by atoms with van der Waals surface area (Å²) >= 11 is 0. The molecule has 540 valence electrons. The number of unbranched alkanes of at least 4 members (excludes halogenated alkanes) is 30. The van der Waals surface area contributed by atoms with Gasteiger partial charge in [0.15, 0.2) is 12.6 Å². The van der Waals surface area contributed by atoms with Crippen LogP contribution in [0.2, 0.25) is 0 Å². The van der Waals surface area contributed by atoms with Gasteiger partial charge in [-0.2, -0.15) is 0 Å². The number of ether oxygens (including phenoxy) is 4. The molecule has 0 aliphatic carbocycles. The molecule has 14 nitrogen and oxygen atoms in total. The van der Waals surface area contributed by atoms with E-state index in [0.717, 1.165) is 89.9 Å². The third-order valence-electron chi connectivity index (χ3n) is 17.6. The predicted molar refractivity (Wildman–Crippen MR) is 387 cm³/mol. The van der Waals surface area contributed by atoms with Crippen molar-refractivity contribution in [1.82, 2.24) is 5.32 Å². The number of aliphatic hydroxyl groups is 8. The summed E-state index contributed by atoms with van der Waals surface area (Å²) in [4.78, 5) is 13.4.